The minimum atomic E-state index is -0.519. The zero-order valence-electron chi connectivity index (χ0n) is 13.4. The average Bonchev–Trinajstić information content (AvgIpc) is 2.67. The molecule has 0 fully saturated rings. The number of para-hydroxylation sites is 2. The molecule has 0 saturated carbocycles. The Morgan fingerprint density at radius 2 is 1.52 bits per heavy atom. The van der Waals surface area contributed by atoms with Crippen molar-refractivity contribution >= 4 is 28.7 Å². The molecule has 0 saturated heterocycles. The van der Waals surface area contributed by atoms with Crippen molar-refractivity contribution in [3.05, 3.63) is 87.4 Å². The van der Waals surface area contributed by atoms with E-state index in [0.717, 1.165) is 16.9 Å². The Labute approximate surface area is 150 Å². The summed E-state index contributed by atoms with van der Waals surface area (Å²) in [5, 5.41) is 0.0666. The van der Waals surface area contributed by atoms with Crippen LogP contribution in [0.4, 0.5) is 17.1 Å². The molecular weight excluding hydrogens is 338 g/mol. The average molecular weight is 354 g/mol. The highest BCUT2D eigenvalue weighted by molar-refractivity contribution is 6.33. The summed E-state index contributed by atoms with van der Waals surface area (Å²) in [5.41, 5.74) is 2.76. The number of benzene rings is 2. The molecule has 0 atom stereocenters. The number of hydrogen-bond acceptors (Lipinski definition) is 4. The zero-order valence-corrected chi connectivity index (χ0v) is 14.2. The van der Waals surface area contributed by atoms with Crippen LogP contribution >= 0.6 is 11.6 Å². The third-order valence-corrected chi connectivity index (χ3v) is 4.53. The second kappa shape index (κ2) is 6.75. The van der Waals surface area contributed by atoms with Crippen molar-refractivity contribution in [1.29, 1.82) is 0 Å². The van der Waals surface area contributed by atoms with E-state index in [1.54, 1.807) is 0 Å². The molecule has 3 aromatic rings. The van der Waals surface area contributed by atoms with Crippen LogP contribution in [0.1, 0.15) is 11.3 Å². The Morgan fingerprint density at radius 1 is 0.920 bits per heavy atom. The van der Waals surface area contributed by atoms with E-state index in [4.69, 9.17) is 20.8 Å². The molecule has 5 heteroatoms. The van der Waals surface area contributed by atoms with Crippen molar-refractivity contribution in [2.75, 3.05) is 11.5 Å². The standard InChI is InChI=1S/C20H16ClNO3/c21-18-19(16-13-24-12-11-17(16)25-20(18)23)22(14-7-3-1-4-8-14)15-9-5-2-6-10-15/h1-10H,11-13H2. The summed E-state index contributed by atoms with van der Waals surface area (Å²) >= 11 is 6.42. The molecule has 1 aliphatic rings. The Morgan fingerprint density at radius 3 is 2.12 bits per heavy atom. The largest absolute Gasteiger partial charge is 0.426 e. The lowest BCUT2D eigenvalue weighted by atomic mass is 10.1. The van der Waals surface area contributed by atoms with E-state index in [9.17, 15) is 4.79 Å². The van der Waals surface area contributed by atoms with Crippen LogP contribution in [0.25, 0.3) is 0 Å². The third kappa shape index (κ3) is 2.95. The van der Waals surface area contributed by atoms with E-state index >= 15 is 0 Å². The van der Waals surface area contributed by atoms with E-state index in [0.29, 0.717) is 31.1 Å². The summed E-state index contributed by atoms with van der Waals surface area (Å²) in [6.07, 6.45) is 0.562. The fourth-order valence-corrected chi connectivity index (χ4v) is 3.30. The Balaban J connectivity index is 2.01. The summed E-state index contributed by atoms with van der Waals surface area (Å²) in [6.45, 7) is 0.901. The first-order valence-electron chi connectivity index (χ1n) is 8.08. The van der Waals surface area contributed by atoms with Crippen LogP contribution in [-0.2, 0) is 17.8 Å². The number of nitrogens with zero attached hydrogens (tertiary/aromatic N) is 1. The maximum Gasteiger partial charge on any atom is 0.357 e. The van der Waals surface area contributed by atoms with Gasteiger partial charge in [0.1, 0.15) is 5.76 Å². The van der Waals surface area contributed by atoms with Gasteiger partial charge in [-0.3, -0.25) is 0 Å². The molecular formula is C20H16ClNO3. The summed E-state index contributed by atoms with van der Waals surface area (Å²) in [4.78, 5) is 14.3. The lowest BCUT2D eigenvalue weighted by Crippen LogP contribution is -2.22. The Kier molecular flexibility index (Phi) is 4.30. The van der Waals surface area contributed by atoms with Gasteiger partial charge < -0.3 is 14.1 Å². The molecule has 0 spiro atoms. The van der Waals surface area contributed by atoms with Crippen molar-refractivity contribution in [3.8, 4) is 0 Å². The summed E-state index contributed by atoms with van der Waals surface area (Å²) in [6, 6.07) is 19.6. The molecule has 1 aliphatic heterocycles. The van der Waals surface area contributed by atoms with Crippen molar-refractivity contribution in [2.45, 2.75) is 13.0 Å². The number of ether oxygens (including phenoxy) is 1. The highest BCUT2D eigenvalue weighted by Gasteiger charge is 2.27. The van der Waals surface area contributed by atoms with E-state index in [-0.39, 0.29) is 5.02 Å². The van der Waals surface area contributed by atoms with Crippen molar-refractivity contribution in [2.24, 2.45) is 0 Å². The van der Waals surface area contributed by atoms with Crippen LogP contribution < -0.4 is 10.5 Å². The third-order valence-electron chi connectivity index (χ3n) is 4.20. The van der Waals surface area contributed by atoms with Gasteiger partial charge in [-0.1, -0.05) is 48.0 Å². The van der Waals surface area contributed by atoms with E-state index < -0.39 is 5.63 Å². The van der Waals surface area contributed by atoms with Gasteiger partial charge in [-0.2, -0.15) is 0 Å². The van der Waals surface area contributed by atoms with Gasteiger partial charge in [0.2, 0.25) is 0 Å². The van der Waals surface area contributed by atoms with E-state index in [2.05, 4.69) is 0 Å². The van der Waals surface area contributed by atoms with Gasteiger partial charge in [-0.05, 0) is 24.3 Å². The monoisotopic (exact) mass is 353 g/mol. The molecule has 4 nitrogen and oxygen atoms in total. The van der Waals surface area contributed by atoms with Gasteiger partial charge in [0.15, 0.2) is 5.02 Å². The van der Waals surface area contributed by atoms with Gasteiger partial charge in [-0.25, -0.2) is 4.79 Å². The molecule has 0 unspecified atom stereocenters. The first-order valence-corrected chi connectivity index (χ1v) is 8.46. The van der Waals surface area contributed by atoms with Crippen LogP contribution in [0.15, 0.2) is 69.9 Å². The van der Waals surface area contributed by atoms with Crippen molar-refractivity contribution in [3.63, 3.8) is 0 Å². The smallest absolute Gasteiger partial charge is 0.357 e. The number of rotatable bonds is 3. The molecule has 4 rings (SSSR count). The molecule has 2 aromatic carbocycles. The Bertz CT molecular complexity index is 899. The van der Waals surface area contributed by atoms with Gasteiger partial charge in [0.25, 0.3) is 0 Å². The Hall–Kier alpha value is -2.56. The molecule has 126 valence electrons. The van der Waals surface area contributed by atoms with Crippen LogP contribution in [0.5, 0.6) is 0 Å². The number of hydrogen-bond donors (Lipinski definition) is 0. The van der Waals surface area contributed by atoms with E-state index in [1.165, 1.54) is 0 Å². The number of anilines is 3. The second-order valence-corrected chi connectivity index (χ2v) is 6.14. The minimum Gasteiger partial charge on any atom is -0.426 e. The van der Waals surface area contributed by atoms with Gasteiger partial charge >= 0.3 is 5.63 Å². The maximum absolute atomic E-state index is 12.3. The molecule has 0 bridgehead atoms. The highest BCUT2D eigenvalue weighted by atomic mass is 35.5. The summed E-state index contributed by atoms with van der Waals surface area (Å²) < 4.78 is 11.0. The molecule has 0 N–H and O–H groups in total. The SMILES string of the molecule is O=c1oc2c(c(N(c3ccccc3)c3ccccc3)c1Cl)COCC2. The van der Waals surface area contributed by atoms with Gasteiger partial charge in [0, 0.05) is 23.4 Å². The highest BCUT2D eigenvalue weighted by Crippen LogP contribution is 2.41. The summed E-state index contributed by atoms with van der Waals surface area (Å²) in [7, 11) is 0. The second-order valence-electron chi connectivity index (χ2n) is 5.76. The van der Waals surface area contributed by atoms with Crippen LogP contribution in [0.3, 0.4) is 0 Å². The maximum atomic E-state index is 12.3. The first-order chi connectivity index (χ1) is 12.3. The minimum absolute atomic E-state index is 0.0666. The topological polar surface area (TPSA) is 42.7 Å². The first kappa shape index (κ1) is 15.9. The normalized spacial score (nSPS) is 13.3. The van der Waals surface area contributed by atoms with Crippen molar-refractivity contribution in [1.82, 2.24) is 0 Å². The van der Waals surface area contributed by atoms with Crippen LogP contribution in [0, 0.1) is 0 Å². The van der Waals surface area contributed by atoms with Gasteiger partial charge in [-0.15, -0.1) is 0 Å². The molecule has 0 amide bonds. The van der Waals surface area contributed by atoms with Crippen LogP contribution in [-0.4, -0.2) is 6.61 Å². The predicted molar refractivity (Wildman–Crippen MR) is 98.0 cm³/mol. The molecule has 25 heavy (non-hydrogen) atoms. The predicted octanol–water partition coefficient (Wildman–Crippen LogP) is 4.84. The summed E-state index contributed by atoms with van der Waals surface area (Å²) in [5.74, 6) is 0.646. The zero-order chi connectivity index (χ0) is 17.2. The quantitative estimate of drug-likeness (QED) is 0.676. The fourth-order valence-electron chi connectivity index (χ4n) is 3.06. The van der Waals surface area contributed by atoms with Gasteiger partial charge in [0.05, 0.1) is 18.9 Å². The molecule has 0 radical (unpaired) electrons. The van der Waals surface area contributed by atoms with Crippen LogP contribution in [0.2, 0.25) is 5.02 Å². The molecule has 2 heterocycles. The number of halogens is 1. The fraction of sp³-hybridized carbons (Fsp3) is 0.150. The van der Waals surface area contributed by atoms with Crippen molar-refractivity contribution < 1.29 is 9.15 Å². The lowest BCUT2D eigenvalue weighted by molar-refractivity contribution is 0.101. The molecule has 1 aromatic heterocycles. The molecule has 0 aliphatic carbocycles. The number of fused-ring (bicyclic) bond motifs is 1. The lowest BCUT2D eigenvalue weighted by Gasteiger charge is -2.29. The van der Waals surface area contributed by atoms with E-state index in [1.807, 2.05) is 65.6 Å².